The second kappa shape index (κ2) is 6.75. The Bertz CT molecular complexity index is 783. The molecule has 1 aliphatic rings. The van der Waals surface area contributed by atoms with Crippen molar-refractivity contribution in [3.8, 4) is 5.75 Å². The summed E-state index contributed by atoms with van der Waals surface area (Å²) in [6.07, 6.45) is 2.98. The average Bonchev–Trinajstić information content (AvgIpc) is 3.07. The van der Waals surface area contributed by atoms with E-state index in [-0.39, 0.29) is 9.77 Å². The van der Waals surface area contributed by atoms with Gasteiger partial charge in [-0.3, -0.25) is 4.98 Å². The molecule has 0 bridgehead atoms. The molecule has 0 saturated carbocycles. The summed E-state index contributed by atoms with van der Waals surface area (Å²) in [5.41, 5.74) is 0. The number of pyridine rings is 1. The molecule has 7 nitrogen and oxygen atoms in total. The number of morpholine rings is 1. The maximum Gasteiger partial charge on any atom is 0.353 e. The molecule has 3 heterocycles. The Kier molecular flexibility index (Phi) is 4.71. The molecule has 0 spiro atoms. The lowest BCUT2D eigenvalue weighted by Gasteiger charge is -2.25. The molecule has 9 heteroatoms. The third-order valence-electron chi connectivity index (χ3n) is 3.23. The van der Waals surface area contributed by atoms with Crippen molar-refractivity contribution in [2.24, 2.45) is 0 Å². The largest absolute Gasteiger partial charge is 0.421 e. The number of thiophene rings is 1. The number of rotatable bonds is 4. The molecule has 0 atom stereocenters. The van der Waals surface area contributed by atoms with Gasteiger partial charge in [0.25, 0.3) is 0 Å². The van der Waals surface area contributed by atoms with E-state index < -0.39 is 16.0 Å². The monoisotopic (exact) mass is 354 g/mol. The van der Waals surface area contributed by atoms with Gasteiger partial charge in [-0.05, 0) is 18.2 Å². The lowest BCUT2D eigenvalue weighted by Crippen LogP contribution is -2.40. The first-order valence-corrected chi connectivity index (χ1v) is 9.18. The number of aromatic nitrogens is 1. The maximum absolute atomic E-state index is 12.5. The lowest BCUT2D eigenvalue weighted by atomic mass is 10.4. The summed E-state index contributed by atoms with van der Waals surface area (Å²) in [6.45, 7) is 1.37. The van der Waals surface area contributed by atoms with Crippen LogP contribution in [0, 0.1) is 0 Å². The van der Waals surface area contributed by atoms with Crippen LogP contribution in [0.4, 0.5) is 0 Å². The second-order valence-corrected chi connectivity index (χ2v) is 7.59. The fourth-order valence-electron chi connectivity index (χ4n) is 2.06. The summed E-state index contributed by atoms with van der Waals surface area (Å²) in [5, 5.41) is 1.45. The van der Waals surface area contributed by atoms with E-state index in [0.29, 0.717) is 32.1 Å². The zero-order chi connectivity index (χ0) is 16.3. The van der Waals surface area contributed by atoms with Crippen molar-refractivity contribution in [3.63, 3.8) is 0 Å². The van der Waals surface area contributed by atoms with Crippen molar-refractivity contribution in [2.75, 3.05) is 26.3 Å². The Labute approximate surface area is 137 Å². The molecule has 2 aromatic rings. The molecule has 0 unspecified atom stereocenters. The molecule has 23 heavy (non-hydrogen) atoms. The van der Waals surface area contributed by atoms with Gasteiger partial charge in [-0.15, -0.1) is 11.3 Å². The van der Waals surface area contributed by atoms with Crippen LogP contribution in [0.2, 0.25) is 0 Å². The Balaban J connectivity index is 1.76. The third kappa shape index (κ3) is 3.58. The Morgan fingerprint density at radius 1 is 1.35 bits per heavy atom. The summed E-state index contributed by atoms with van der Waals surface area (Å²) < 4.78 is 36.7. The van der Waals surface area contributed by atoms with Crippen LogP contribution >= 0.6 is 11.3 Å². The van der Waals surface area contributed by atoms with Gasteiger partial charge in [-0.2, -0.15) is 4.31 Å². The number of hydrogen-bond acceptors (Lipinski definition) is 7. The van der Waals surface area contributed by atoms with E-state index in [0.717, 1.165) is 11.3 Å². The number of ether oxygens (including phenoxy) is 2. The van der Waals surface area contributed by atoms with Crippen LogP contribution in [-0.2, 0) is 14.8 Å². The Morgan fingerprint density at radius 2 is 2.13 bits per heavy atom. The van der Waals surface area contributed by atoms with Gasteiger partial charge in [0.15, 0.2) is 0 Å². The molecule has 3 rings (SSSR count). The number of carbonyl (C=O) groups excluding carboxylic acids is 1. The molecule has 0 radical (unpaired) electrons. The van der Waals surface area contributed by atoms with Crippen LogP contribution < -0.4 is 4.74 Å². The van der Waals surface area contributed by atoms with E-state index in [2.05, 4.69) is 4.98 Å². The first kappa shape index (κ1) is 16.1. The first-order valence-electron chi connectivity index (χ1n) is 6.86. The second-order valence-electron chi connectivity index (χ2n) is 4.74. The van der Waals surface area contributed by atoms with Crippen molar-refractivity contribution >= 4 is 27.3 Å². The van der Waals surface area contributed by atoms with Gasteiger partial charge in [0.2, 0.25) is 10.0 Å². The van der Waals surface area contributed by atoms with Gasteiger partial charge in [0.1, 0.15) is 10.6 Å². The maximum atomic E-state index is 12.5. The SMILES string of the molecule is O=C(Oc1cccnc1)c1cc(S(=O)(=O)N2CCOCC2)cs1. The van der Waals surface area contributed by atoms with Gasteiger partial charge < -0.3 is 9.47 Å². The molecule has 0 aromatic carbocycles. The predicted octanol–water partition coefficient (Wildman–Crippen LogP) is 1.38. The molecule has 1 saturated heterocycles. The highest BCUT2D eigenvalue weighted by molar-refractivity contribution is 7.89. The molecule has 1 aliphatic heterocycles. The van der Waals surface area contributed by atoms with Crippen molar-refractivity contribution in [3.05, 3.63) is 40.8 Å². The van der Waals surface area contributed by atoms with E-state index in [1.54, 1.807) is 18.3 Å². The van der Waals surface area contributed by atoms with Crippen LogP contribution in [0.15, 0.2) is 40.9 Å². The molecule has 2 aromatic heterocycles. The normalized spacial score (nSPS) is 16.2. The van der Waals surface area contributed by atoms with E-state index in [1.807, 2.05) is 0 Å². The van der Waals surface area contributed by atoms with Gasteiger partial charge in [0.05, 0.1) is 24.3 Å². The molecule has 0 aliphatic carbocycles. The summed E-state index contributed by atoms with van der Waals surface area (Å²) in [5.74, 6) is -0.296. The smallest absolute Gasteiger partial charge is 0.353 e. The fourth-order valence-corrected chi connectivity index (χ4v) is 4.61. The van der Waals surface area contributed by atoms with Crippen LogP contribution in [0.25, 0.3) is 0 Å². The van der Waals surface area contributed by atoms with Crippen molar-refractivity contribution in [2.45, 2.75) is 4.90 Å². The zero-order valence-corrected chi connectivity index (χ0v) is 13.7. The summed E-state index contributed by atoms with van der Waals surface area (Å²) in [6, 6.07) is 4.59. The van der Waals surface area contributed by atoms with Gasteiger partial charge >= 0.3 is 5.97 Å². The number of nitrogens with zero attached hydrogens (tertiary/aromatic N) is 2. The molecule has 1 fully saturated rings. The van der Waals surface area contributed by atoms with E-state index in [1.165, 1.54) is 21.9 Å². The Morgan fingerprint density at radius 3 is 2.83 bits per heavy atom. The molecule has 0 N–H and O–H groups in total. The molecular formula is C14H14N2O5S2. The van der Waals surface area contributed by atoms with Crippen LogP contribution in [0.3, 0.4) is 0 Å². The zero-order valence-electron chi connectivity index (χ0n) is 12.0. The van der Waals surface area contributed by atoms with Crippen molar-refractivity contribution in [1.29, 1.82) is 0 Å². The highest BCUT2D eigenvalue weighted by Crippen LogP contribution is 2.24. The van der Waals surface area contributed by atoms with Gasteiger partial charge in [-0.1, -0.05) is 0 Å². The molecule has 0 amide bonds. The quantitative estimate of drug-likeness (QED) is 0.771. The average molecular weight is 354 g/mol. The first-order chi connectivity index (χ1) is 11.1. The van der Waals surface area contributed by atoms with Gasteiger partial charge in [0, 0.05) is 24.7 Å². The highest BCUT2D eigenvalue weighted by Gasteiger charge is 2.28. The van der Waals surface area contributed by atoms with E-state index >= 15 is 0 Å². The number of sulfonamides is 1. The predicted molar refractivity (Wildman–Crippen MR) is 83.1 cm³/mol. The third-order valence-corrected chi connectivity index (χ3v) is 6.17. The number of esters is 1. The minimum absolute atomic E-state index is 0.0996. The van der Waals surface area contributed by atoms with Crippen LogP contribution in [0.5, 0.6) is 5.75 Å². The topological polar surface area (TPSA) is 85.8 Å². The van der Waals surface area contributed by atoms with E-state index in [9.17, 15) is 13.2 Å². The van der Waals surface area contributed by atoms with Gasteiger partial charge in [-0.25, -0.2) is 13.2 Å². The van der Waals surface area contributed by atoms with Crippen LogP contribution in [0.1, 0.15) is 9.67 Å². The van der Waals surface area contributed by atoms with E-state index in [4.69, 9.17) is 9.47 Å². The number of hydrogen-bond donors (Lipinski definition) is 0. The van der Waals surface area contributed by atoms with Crippen molar-refractivity contribution < 1.29 is 22.7 Å². The van der Waals surface area contributed by atoms with Crippen LogP contribution in [-0.4, -0.2) is 50.0 Å². The summed E-state index contributed by atoms with van der Waals surface area (Å²) >= 11 is 1.04. The fraction of sp³-hybridized carbons (Fsp3) is 0.286. The Hall–Kier alpha value is -1.81. The number of carbonyl (C=O) groups is 1. The molecular weight excluding hydrogens is 340 g/mol. The minimum Gasteiger partial charge on any atom is -0.421 e. The summed E-state index contributed by atoms with van der Waals surface area (Å²) in [7, 11) is -3.60. The van der Waals surface area contributed by atoms with Crippen molar-refractivity contribution in [1.82, 2.24) is 9.29 Å². The molecule has 122 valence electrons. The lowest BCUT2D eigenvalue weighted by molar-refractivity contribution is 0.0729. The minimum atomic E-state index is -3.60. The summed E-state index contributed by atoms with van der Waals surface area (Å²) in [4.78, 5) is 16.2. The standard InChI is InChI=1S/C14H14N2O5S2/c17-14(21-11-2-1-3-15-9-11)13-8-12(10-22-13)23(18,19)16-4-6-20-7-5-16/h1-3,8-10H,4-7H2. The highest BCUT2D eigenvalue weighted by atomic mass is 32.2.